The van der Waals surface area contributed by atoms with E-state index in [0.29, 0.717) is 8.47 Å². The number of hydrogen-bond donors (Lipinski definition) is 0. The van der Waals surface area contributed by atoms with Crippen LogP contribution in [0.5, 0.6) is 0 Å². The third-order valence-corrected chi connectivity index (χ3v) is 3.78. The smallest absolute Gasteiger partial charge is 0.425 e. The number of carbonyl (C=O) groups excluding carboxylic acids is 2. The fourth-order valence-electron chi connectivity index (χ4n) is 1.43. The zero-order valence-corrected chi connectivity index (χ0v) is 16.9. The number of hydrogen-bond acceptors (Lipinski definition) is 5. The number of halogens is 2. The number of rotatable bonds is 1. The number of nitrogens with zero attached hydrogens (tertiary/aromatic N) is 2. The molecule has 0 unspecified atom stereocenters. The minimum Gasteiger partial charge on any atom is -0.443 e. The lowest BCUT2D eigenvalue weighted by Gasteiger charge is -2.28. The standard InChI is InChI=1S/C15H20ClIN2O4/c1-14(2,3)22-12(20)19(13(21)23-15(4,5)6)11-10(16)9(17)7-8-18-11/h7-8H,1-6H3. The topological polar surface area (TPSA) is 68.7 Å². The fraction of sp³-hybridized carbons (Fsp3) is 0.533. The van der Waals surface area contributed by atoms with Gasteiger partial charge in [0.05, 0.1) is 5.02 Å². The van der Waals surface area contributed by atoms with Crippen molar-refractivity contribution >= 4 is 52.2 Å². The van der Waals surface area contributed by atoms with Gasteiger partial charge in [-0.15, -0.1) is 0 Å². The molecule has 0 bridgehead atoms. The molecule has 0 N–H and O–H groups in total. The molecule has 0 saturated heterocycles. The highest BCUT2D eigenvalue weighted by Gasteiger charge is 2.35. The maximum Gasteiger partial charge on any atom is 0.425 e. The first-order valence-corrected chi connectivity index (χ1v) is 8.33. The summed E-state index contributed by atoms with van der Waals surface area (Å²) >= 11 is 8.18. The second-order valence-corrected chi connectivity index (χ2v) is 8.27. The molecule has 6 nitrogen and oxygen atoms in total. The number of aromatic nitrogens is 1. The summed E-state index contributed by atoms with van der Waals surface area (Å²) in [6, 6.07) is 1.66. The molecule has 128 valence electrons. The van der Waals surface area contributed by atoms with Crippen molar-refractivity contribution in [1.29, 1.82) is 0 Å². The SMILES string of the molecule is CC(C)(C)OC(=O)N(C(=O)OC(C)(C)C)c1nccc(I)c1Cl. The van der Waals surface area contributed by atoms with Crippen molar-refractivity contribution in [2.45, 2.75) is 52.7 Å². The molecule has 1 aromatic rings. The quantitative estimate of drug-likeness (QED) is 0.558. The Kier molecular flexibility index (Phi) is 6.25. The molecule has 2 amide bonds. The van der Waals surface area contributed by atoms with E-state index in [1.807, 2.05) is 22.6 Å². The lowest BCUT2D eigenvalue weighted by atomic mass is 10.2. The van der Waals surface area contributed by atoms with E-state index in [4.69, 9.17) is 21.1 Å². The van der Waals surface area contributed by atoms with Crippen LogP contribution in [-0.4, -0.2) is 28.4 Å². The summed E-state index contributed by atoms with van der Waals surface area (Å²) in [5.41, 5.74) is -1.57. The van der Waals surface area contributed by atoms with Crippen LogP contribution in [0, 0.1) is 3.57 Å². The average Bonchev–Trinajstić information content (AvgIpc) is 2.30. The van der Waals surface area contributed by atoms with Crippen LogP contribution in [0.15, 0.2) is 12.3 Å². The lowest BCUT2D eigenvalue weighted by Crippen LogP contribution is -2.44. The highest BCUT2D eigenvalue weighted by Crippen LogP contribution is 2.30. The number of imide groups is 1. The van der Waals surface area contributed by atoms with E-state index in [2.05, 4.69) is 4.98 Å². The Labute approximate surface area is 154 Å². The van der Waals surface area contributed by atoms with Crippen LogP contribution in [-0.2, 0) is 9.47 Å². The van der Waals surface area contributed by atoms with Gasteiger partial charge in [-0.3, -0.25) is 0 Å². The van der Waals surface area contributed by atoms with E-state index in [9.17, 15) is 9.59 Å². The zero-order chi connectivity index (χ0) is 18.0. The van der Waals surface area contributed by atoms with Crippen LogP contribution in [0.25, 0.3) is 0 Å². The Morgan fingerprint density at radius 3 is 1.91 bits per heavy atom. The first-order valence-electron chi connectivity index (χ1n) is 6.88. The summed E-state index contributed by atoms with van der Waals surface area (Å²) in [6.45, 7) is 10.2. The second-order valence-electron chi connectivity index (χ2n) is 6.73. The number of amides is 2. The molecule has 1 heterocycles. The van der Waals surface area contributed by atoms with Crippen molar-refractivity contribution in [2.75, 3.05) is 4.90 Å². The van der Waals surface area contributed by atoms with Gasteiger partial charge in [-0.25, -0.2) is 14.6 Å². The molecule has 0 fully saturated rings. The highest BCUT2D eigenvalue weighted by atomic mass is 127. The van der Waals surface area contributed by atoms with Gasteiger partial charge in [-0.05, 0) is 70.2 Å². The van der Waals surface area contributed by atoms with E-state index >= 15 is 0 Å². The molecule has 0 spiro atoms. The van der Waals surface area contributed by atoms with Crippen molar-refractivity contribution in [3.8, 4) is 0 Å². The maximum absolute atomic E-state index is 12.5. The fourth-order valence-corrected chi connectivity index (χ4v) is 2.03. The van der Waals surface area contributed by atoms with E-state index in [1.54, 1.807) is 47.6 Å². The second kappa shape index (κ2) is 7.21. The predicted octanol–water partition coefficient (Wildman–Crippen LogP) is 5.02. The van der Waals surface area contributed by atoms with Gasteiger partial charge in [0.15, 0.2) is 5.82 Å². The monoisotopic (exact) mass is 454 g/mol. The van der Waals surface area contributed by atoms with Crippen LogP contribution in [0.2, 0.25) is 5.02 Å². The van der Waals surface area contributed by atoms with E-state index in [0.717, 1.165) is 0 Å². The van der Waals surface area contributed by atoms with Crippen LogP contribution in [0.4, 0.5) is 15.4 Å². The van der Waals surface area contributed by atoms with E-state index in [-0.39, 0.29) is 10.8 Å². The molecular weight excluding hydrogens is 435 g/mol. The summed E-state index contributed by atoms with van der Waals surface area (Å²) in [6.07, 6.45) is -0.351. The molecular formula is C15H20ClIN2O4. The molecule has 0 saturated carbocycles. The first kappa shape index (κ1) is 20.0. The average molecular weight is 455 g/mol. The molecule has 0 atom stereocenters. The Morgan fingerprint density at radius 1 is 1.09 bits per heavy atom. The number of ether oxygens (including phenoxy) is 2. The van der Waals surface area contributed by atoms with Gasteiger partial charge in [-0.2, -0.15) is 4.90 Å². The molecule has 1 rings (SSSR count). The third kappa shape index (κ3) is 6.14. The summed E-state index contributed by atoms with van der Waals surface area (Å²) in [5, 5.41) is 0.171. The molecule has 8 heteroatoms. The summed E-state index contributed by atoms with van der Waals surface area (Å²) < 4.78 is 11.2. The lowest BCUT2D eigenvalue weighted by molar-refractivity contribution is 0.0429. The zero-order valence-electron chi connectivity index (χ0n) is 13.9. The van der Waals surface area contributed by atoms with Crippen LogP contribution in [0.1, 0.15) is 41.5 Å². The van der Waals surface area contributed by atoms with Crippen molar-refractivity contribution in [1.82, 2.24) is 4.98 Å². The van der Waals surface area contributed by atoms with Crippen molar-refractivity contribution in [3.05, 3.63) is 20.9 Å². The molecule has 0 aliphatic carbocycles. The molecule has 0 radical (unpaired) electrons. The van der Waals surface area contributed by atoms with Gasteiger partial charge < -0.3 is 9.47 Å². The summed E-state index contributed by atoms with van der Waals surface area (Å²) in [5.74, 6) is -0.0259. The van der Waals surface area contributed by atoms with Crippen LogP contribution < -0.4 is 4.90 Å². The normalized spacial score (nSPS) is 11.8. The van der Waals surface area contributed by atoms with Crippen LogP contribution >= 0.6 is 34.2 Å². The Hall–Kier alpha value is -1.09. The molecule has 0 aliphatic rings. The van der Waals surface area contributed by atoms with Gasteiger partial charge in [0.1, 0.15) is 11.2 Å². The van der Waals surface area contributed by atoms with Gasteiger partial charge in [0, 0.05) is 9.77 Å². The highest BCUT2D eigenvalue weighted by molar-refractivity contribution is 14.1. The minimum atomic E-state index is -0.900. The molecule has 23 heavy (non-hydrogen) atoms. The van der Waals surface area contributed by atoms with Crippen molar-refractivity contribution in [3.63, 3.8) is 0 Å². The Balaban J connectivity index is 3.29. The first-order chi connectivity index (χ1) is 10.3. The van der Waals surface area contributed by atoms with E-state index in [1.165, 1.54) is 6.20 Å². The number of pyridine rings is 1. The molecule has 0 aliphatic heterocycles. The number of anilines is 1. The number of carbonyl (C=O) groups is 2. The Bertz CT molecular complexity index is 580. The van der Waals surface area contributed by atoms with Crippen molar-refractivity contribution in [2.24, 2.45) is 0 Å². The minimum absolute atomic E-state index is 0.0259. The third-order valence-electron chi connectivity index (χ3n) is 2.19. The predicted molar refractivity (Wildman–Crippen MR) is 96.9 cm³/mol. The van der Waals surface area contributed by atoms with Crippen molar-refractivity contribution < 1.29 is 19.1 Å². The summed E-state index contributed by atoms with van der Waals surface area (Å²) in [4.78, 5) is 29.6. The molecule has 1 aromatic heterocycles. The van der Waals surface area contributed by atoms with Gasteiger partial charge in [0.25, 0.3) is 0 Å². The van der Waals surface area contributed by atoms with Gasteiger partial charge >= 0.3 is 12.2 Å². The van der Waals surface area contributed by atoms with Gasteiger partial charge in [0.2, 0.25) is 0 Å². The maximum atomic E-state index is 12.5. The van der Waals surface area contributed by atoms with E-state index < -0.39 is 23.4 Å². The molecule has 0 aromatic carbocycles. The summed E-state index contributed by atoms with van der Waals surface area (Å²) in [7, 11) is 0. The Morgan fingerprint density at radius 2 is 1.52 bits per heavy atom. The largest absolute Gasteiger partial charge is 0.443 e. The van der Waals surface area contributed by atoms with Crippen LogP contribution in [0.3, 0.4) is 0 Å². The van der Waals surface area contributed by atoms with Gasteiger partial charge in [-0.1, -0.05) is 11.6 Å².